The van der Waals surface area contributed by atoms with E-state index in [1.807, 2.05) is 13.8 Å². The summed E-state index contributed by atoms with van der Waals surface area (Å²) in [6.07, 6.45) is 1.55. The van der Waals surface area contributed by atoms with E-state index < -0.39 is 16.0 Å². The van der Waals surface area contributed by atoms with Crippen LogP contribution in [0.4, 0.5) is 0 Å². The summed E-state index contributed by atoms with van der Waals surface area (Å²) >= 11 is 0. The van der Waals surface area contributed by atoms with Crippen LogP contribution >= 0.6 is 0 Å². The molecule has 1 rings (SSSR count). The number of unbranched alkanes of at least 4 members (excludes halogenated alkanes) is 1. The topological polar surface area (TPSA) is 63.7 Å². The van der Waals surface area contributed by atoms with Gasteiger partial charge in [-0.1, -0.05) is 31.0 Å². The van der Waals surface area contributed by atoms with Crippen molar-refractivity contribution in [3.63, 3.8) is 0 Å². The monoisotopic (exact) mass is 313 g/mol. The van der Waals surface area contributed by atoms with E-state index in [2.05, 4.69) is 0 Å². The lowest BCUT2D eigenvalue weighted by atomic mass is 10.2. The van der Waals surface area contributed by atoms with Gasteiger partial charge in [0.25, 0.3) is 0 Å². The molecule has 0 bridgehead atoms. The lowest BCUT2D eigenvalue weighted by molar-refractivity contribution is -0.143. The number of carbonyl (C=O) groups excluding carboxylic acids is 1. The zero-order valence-electron chi connectivity index (χ0n) is 12.8. The Kier molecular flexibility index (Phi) is 6.84. The van der Waals surface area contributed by atoms with Gasteiger partial charge >= 0.3 is 5.97 Å². The lowest BCUT2D eigenvalue weighted by Crippen LogP contribution is -2.37. The van der Waals surface area contributed by atoms with Gasteiger partial charge in [-0.25, -0.2) is 8.42 Å². The van der Waals surface area contributed by atoms with Crippen LogP contribution in [0.3, 0.4) is 0 Å². The van der Waals surface area contributed by atoms with E-state index in [0.29, 0.717) is 13.0 Å². The second-order valence-electron chi connectivity index (χ2n) is 4.81. The Balaban J connectivity index is 2.99. The van der Waals surface area contributed by atoms with Crippen LogP contribution in [-0.4, -0.2) is 38.4 Å². The molecule has 118 valence electrons. The summed E-state index contributed by atoms with van der Waals surface area (Å²) in [5, 5.41) is 0. The summed E-state index contributed by atoms with van der Waals surface area (Å²) in [5.41, 5.74) is 0.986. The fourth-order valence-corrected chi connectivity index (χ4v) is 3.25. The summed E-state index contributed by atoms with van der Waals surface area (Å²) in [7, 11) is -3.67. The Hall–Kier alpha value is -1.40. The molecule has 0 radical (unpaired) electrons. The lowest BCUT2D eigenvalue weighted by Gasteiger charge is -2.21. The van der Waals surface area contributed by atoms with Gasteiger partial charge in [-0.3, -0.25) is 4.79 Å². The molecule has 0 heterocycles. The molecule has 21 heavy (non-hydrogen) atoms. The molecule has 0 aliphatic carbocycles. The number of esters is 1. The fraction of sp³-hybridized carbons (Fsp3) is 0.533. The van der Waals surface area contributed by atoms with Gasteiger partial charge in [-0.15, -0.1) is 0 Å². The average molecular weight is 313 g/mol. The van der Waals surface area contributed by atoms with E-state index in [-0.39, 0.29) is 18.0 Å². The van der Waals surface area contributed by atoms with Gasteiger partial charge in [0.15, 0.2) is 0 Å². The standard InChI is InChI=1S/C15H23NO4S/c1-4-6-11-16(12-15(17)20-5-2)21(18,19)14-9-7-13(3)8-10-14/h7-10H,4-6,11-12H2,1-3H3. The minimum absolute atomic E-state index is 0.202. The predicted octanol–water partition coefficient (Wildman–Crippen LogP) is 2.35. The molecule has 0 N–H and O–H groups in total. The molecule has 0 aliphatic heterocycles. The zero-order chi connectivity index (χ0) is 15.9. The van der Waals surface area contributed by atoms with E-state index in [4.69, 9.17) is 4.74 Å². The van der Waals surface area contributed by atoms with Gasteiger partial charge in [0, 0.05) is 6.54 Å². The van der Waals surface area contributed by atoms with Crippen LogP contribution in [0.1, 0.15) is 32.3 Å². The molecule has 6 heteroatoms. The molecule has 0 unspecified atom stereocenters. The van der Waals surface area contributed by atoms with Crippen LogP contribution < -0.4 is 0 Å². The Morgan fingerprint density at radius 1 is 1.19 bits per heavy atom. The Labute approximate surface area is 127 Å². The molecule has 0 amide bonds. The molecule has 0 spiro atoms. The number of nitrogens with zero attached hydrogens (tertiary/aromatic N) is 1. The molecule has 0 aromatic heterocycles. The number of carbonyl (C=O) groups is 1. The van der Waals surface area contributed by atoms with Crippen molar-refractivity contribution in [2.75, 3.05) is 19.7 Å². The van der Waals surface area contributed by atoms with Gasteiger partial charge in [0.05, 0.1) is 11.5 Å². The first-order valence-corrected chi connectivity index (χ1v) is 8.58. The number of benzene rings is 1. The quantitative estimate of drug-likeness (QED) is 0.691. The largest absolute Gasteiger partial charge is 0.465 e. The number of sulfonamides is 1. The number of hydrogen-bond acceptors (Lipinski definition) is 4. The number of rotatable bonds is 8. The van der Waals surface area contributed by atoms with Crippen molar-refractivity contribution in [1.82, 2.24) is 4.31 Å². The van der Waals surface area contributed by atoms with Gasteiger partial charge in [0.1, 0.15) is 6.54 Å². The van der Waals surface area contributed by atoms with Gasteiger partial charge in [-0.05, 0) is 32.4 Å². The molecular weight excluding hydrogens is 290 g/mol. The first-order chi connectivity index (χ1) is 9.91. The highest BCUT2D eigenvalue weighted by atomic mass is 32.2. The van der Waals surface area contributed by atoms with Crippen LogP contribution in [0.15, 0.2) is 29.2 Å². The maximum absolute atomic E-state index is 12.6. The van der Waals surface area contributed by atoms with Crippen LogP contribution in [0.2, 0.25) is 0 Å². The third-order valence-corrected chi connectivity index (χ3v) is 4.89. The van der Waals surface area contributed by atoms with Crippen LogP contribution in [0.5, 0.6) is 0 Å². The highest BCUT2D eigenvalue weighted by molar-refractivity contribution is 7.89. The first-order valence-electron chi connectivity index (χ1n) is 7.14. The Morgan fingerprint density at radius 3 is 2.33 bits per heavy atom. The van der Waals surface area contributed by atoms with Crippen molar-refractivity contribution in [2.45, 2.75) is 38.5 Å². The number of aryl methyl sites for hydroxylation is 1. The van der Waals surface area contributed by atoms with Crippen molar-refractivity contribution in [3.05, 3.63) is 29.8 Å². The molecule has 1 aromatic rings. The van der Waals surface area contributed by atoms with E-state index in [1.54, 1.807) is 31.2 Å². The molecule has 0 fully saturated rings. The maximum atomic E-state index is 12.6. The third-order valence-electron chi connectivity index (χ3n) is 3.03. The second-order valence-corrected chi connectivity index (χ2v) is 6.75. The van der Waals surface area contributed by atoms with Gasteiger partial charge in [0.2, 0.25) is 10.0 Å². The van der Waals surface area contributed by atoms with Gasteiger partial charge in [-0.2, -0.15) is 4.31 Å². The third kappa shape index (κ3) is 5.13. The Morgan fingerprint density at radius 2 is 1.81 bits per heavy atom. The predicted molar refractivity (Wildman–Crippen MR) is 81.5 cm³/mol. The van der Waals surface area contributed by atoms with E-state index in [1.165, 1.54) is 4.31 Å². The normalized spacial score (nSPS) is 11.6. The maximum Gasteiger partial charge on any atom is 0.321 e. The molecule has 0 saturated carbocycles. The van der Waals surface area contributed by atoms with Crippen molar-refractivity contribution < 1.29 is 17.9 Å². The fourth-order valence-electron chi connectivity index (χ4n) is 1.83. The summed E-state index contributed by atoms with van der Waals surface area (Å²) in [4.78, 5) is 11.8. The number of ether oxygens (including phenoxy) is 1. The minimum Gasteiger partial charge on any atom is -0.465 e. The summed E-state index contributed by atoms with van der Waals surface area (Å²) in [5.74, 6) is -0.524. The van der Waals surface area contributed by atoms with Gasteiger partial charge < -0.3 is 4.74 Å². The minimum atomic E-state index is -3.67. The van der Waals surface area contributed by atoms with E-state index >= 15 is 0 Å². The molecular formula is C15H23NO4S. The highest BCUT2D eigenvalue weighted by Crippen LogP contribution is 2.17. The first kappa shape index (κ1) is 17.7. The summed E-state index contributed by atoms with van der Waals surface area (Å²) in [6, 6.07) is 6.62. The number of hydrogen-bond donors (Lipinski definition) is 0. The molecule has 0 aliphatic rings. The summed E-state index contributed by atoms with van der Waals surface area (Å²) in [6.45, 7) is 5.87. The van der Waals surface area contributed by atoms with Crippen LogP contribution in [0, 0.1) is 6.92 Å². The van der Waals surface area contributed by atoms with Crippen molar-refractivity contribution in [2.24, 2.45) is 0 Å². The molecule has 5 nitrogen and oxygen atoms in total. The van der Waals surface area contributed by atoms with E-state index in [0.717, 1.165) is 12.0 Å². The zero-order valence-corrected chi connectivity index (χ0v) is 13.6. The van der Waals surface area contributed by atoms with Crippen LogP contribution in [-0.2, 0) is 19.6 Å². The SMILES string of the molecule is CCCCN(CC(=O)OCC)S(=O)(=O)c1ccc(C)cc1. The smallest absolute Gasteiger partial charge is 0.321 e. The average Bonchev–Trinajstić information content (AvgIpc) is 2.44. The summed E-state index contributed by atoms with van der Waals surface area (Å²) < 4.78 is 31.3. The van der Waals surface area contributed by atoms with Crippen molar-refractivity contribution in [1.29, 1.82) is 0 Å². The van der Waals surface area contributed by atoms with Crippen LogP contribution in [0.25, 0.3) is 0 Å². The second kappa shape index (κ2) is 8.14. The van der Waals surface area contributed by atoms with Crippen molar-refractivity contribution in [3.8, 4) is 0 Å². The Bertz CT molecular complexity index is 552. The molecule has 0 saturated heterocycles. The van der Waals surface area contributed by atoms with E-state index in [9.17, 15) is 13.2 Å². The molecule has 0 atom stereocenters. The van der Waals surface area contributed by atoms with Crippen molar-refractivity contribution >= 4 is 16.0 Å². The molecule has 1 aromatic carbocycles. The highest BCUT2D eigenvalue weighted by Gasteiger charge is 2.26.